The van der Waals surface area contributed by atoms with Gasteiger partial charge in [-0.1, -0.05) is 24.7 Å². The molecule has 1 aromatic rings. The first-order valence-corrected chi connectivity index (χ1v) is 6.02. The van der Waals surface area contributed by atoms with Crippen molar-refractivity contribution in [1.29, 1.82) is 0 Å². The largest absolute Gasteiger partial charge is 0.487 e. The van der Waals surface area contributed by atoms with Gasteiger partial charge in [0.2, 0.25) is 0 Å². The van der Waals surface area contributed by atoms with Gasteiger partial charge in [0.1, 0.15) is 0 Å². The van der Waals surface area contributed by atoms with Crippen molar-refractivity contribution in [2.75, 3.05) is 20.8 Å². The van der Waals surface area contributed by atoms with Gasteiger partial charge in [-0.2, -0.15) is 0 Å². The Morgan fingerprint density at radius 3 is 2.00 bits per heavy atom. The molecule has 0 amide bonds. The minimum atomic E-state index is 0.646. The van der Waals surface area contributed by atoms with Crippen molar-refractivity contribution >= 4 is 11.3 Å². The average molecular weight is 229 g/mol. The van der Waals surface area contributed by atoms with Crippen LogP contribution in [0.1, 0.15) is 24.5 Å². The van der Waals surface area contributed by atoms with Gasteiger partial charge in [0, 0.05) is 11.1 Å². The third-order valence-corrected chi connectivity index (χ3v) is 3.50. The molecular weight excluding hydrogens is 210 g/mol. The lowest BCUT2D eigenvalue weighted by Crippen LogP contribution is -2.05. The van der Waals surface area contributed by atoms with Gasteiger partial charge < -0.3 is 15.2 Å². The van der Waals surface area contributed by atoms with Crippen LogP contribution in [-0.2, 0) is 12.8 Å². The van der Waals surface area contributed by atoms with Crippen molar-refractivity contribution in [2.24, 2.45) is 5.73 Å². The standard InChI is InChI=1S/C11H19NO2S/c1-4-5-8-9(6-7-12)11(14-3)15-10(8)13-2/h4-7,12H2,1-3H3. The molecule has 0 radical (unpaired) electrons. The predicted molar refractivity (Wildman–Crippen MR) is 64.2 cm³/mol. The molecule has 3 nitrogen and oxygen atoms in total. The molecule has 0 atom stereocenters. The van der Waals surface area contributed by atoms with Crippen molar-refractivity contribution in [2.45, 2.75) is 26.2 Å². The van der Waals surface area contributed by atoms with Gasteiger partial charge in [-0.15, -0.1) is 0 Å². The molecule has 0 saturated carbocycles. The summed E-state index contributed by atoms with van der Waals surface area (Å²) >= 11 is 1.57. The molecule has 0 aromatic carbocycles. The Labute approximate surface area is 95.2 Å². The summed E-state index contributed by atoms with van der Waals surface area (Å²) in [6.07, 6.45) is 2.99. The molecule has 1 aromatic heterocycles. The van der Waals surface area contributed by atoms with Crippen LogP contribution in [0.25, 0.3) is 0 Å². The Morgan fingerprint density at radius 1 is 1.07 bits per heavy atom. The number of methoxy groups -OCH3 is 2. The Hall–Kier alpha value is -0.740. The van der Waals surface area contributed by atoms with E-state index in [0.29, 0.717) is 6.54 Å². The van der Waals surface area contributed by atoms with Crippen LogP contribution in [0, 0.1) is 0 Å². The number of hydrogen-bond acceptors (Lipinski definition) is 4. The Balaban J connectivity index is 3.09. The van der Waals surface area contributed by atoms with Crippen LogP contribution in [0.15, 0.2) is 0 Å². The van der Waals surface area contributed by atoms with Gasteiger partial charge in [-0.05, 0) is 19.4 Å². The zero-order valence-electron chi connectivity index (χ0n) is 9.63. The van der Waals surface area contributed by atoms with Gasteiger partial charge in [-0.25, -0.2) is 0 Å². The maximum atomic E-state index is 5.61. The second kappa shape index (κ2) is 5.98. The molecule has 0 bridgehead atoms. The number of rotatable bonds is 6. The monoisotopic (exact) mass is 229 g/mol. The summed E-state index contributed by atoms with van der Waals surface area (Å²) in [6.45, 7) is 2.81. The zero-order chi connectivity index (χ0) is 11.3. The molecule has 15 heavy (non-hydrogen) atoms. The molecule has 0 unspecified atom stereocenters. The molecule has 0 saturated heterocycles. The predicted octanol–water partition coefficient (Wildman–Crippen LogP) is 2.22. The van der Waals surface area contributed by atoms with E-state index in [1.54, 1.807) is 25.6 Å². The quantitative estimate of drug-likeness (QED) is 0.813. The van der Waals surface area contributed by atoms with E-state index in [4.69, 9.17) is 15.2 Å². The van der Waals surface area contributed by atoms with Crippen molar-refractivity contribution in [3.8, 4) is 10.1 Å². The fourth-order valence-corrected chi connectivity index (χ4v) is 2.72. The van der Waals surface area contributed by atoms with Gasteiger partial charge in [-0.3, -0.25) is 0 Å². The minimum absolute atomic E-state index is 0.646. The minimum Gasteiger partial charge on any atom is -0.487 e. The molecule has 2 N–H and O–H groups in total. The number of thiophene rings is 1. The lowest BCUT2D eigenvalue weighted by molar-refractivity contribution is 0.421. The molecular formula is C11H19NO2S. The first-order valence-electron chi connectivity index (χ1n) is 5.21. The average Bonchev–Trinajstić information content (AvgIpc) is 2.58. The van der Waals surface area contributed by atoms with Crippen LogP contribution in [0.3, 0.4) is 0 Å². The van der Waals surface area contributed by atoms with E-state index < -0.39 is 0 Å². The summed E-state index contributed by atoms with van der Waals surface area (Å²) in [5.41, 5.74) is 8.10. The summed E-state index contributed by atoms with van der Waals surface area (Å²) < 4.78 is 10.7. The van der Waals surface area contributed by atoms with E-state index in [0.717, 1.165) is 29.4 Å². The molecule has 0 fully saturated rings. The van der Waals surface area contributed by atoms with Crippen LogP contribution in [-0.4, -0.2) is 20.8 Å². The number of ether oxygens (including phenoxy) is 2. The van der Waals surface area contributed by atoms with Crippen molar-refractivity contribution < 1.29 is 9.47 Å². The van der Waals surface area contributed by atoms with E-state index >= 15 is 0 Å². The van der Waals surface area contributed by atoms with E-state index in [1.165, 1.54) is 11.1 Å². The first kappa shape index (κ1) is 12.3. The topological polar surface area (TPSA) is 44.5 Å². The van der Waals surface area contributed by atoms with Crippen LogP contribution in [0.2, 0.25) is 0 Å². The van der Waals surface area contributed by atoms with Gasteiger partial charge in [0.15, 0.2) is 10.1 Å². The van der Waals surface area contributed by atoms with Crippen LogP contribution < -0.4 is 15.2 Å². The number of hydrogen-bond donors (Lipinski definition) is 1. The van der Waals surface area contributed by atoms with Crippen LogP contribution in [0.4, 0.5) is 0 Å². The van der Waals surface area contributed by atoms with Gasteiger partial charge in [0.05, 0.1) is 14.2 Å². The van der Waals surface area contributed by atoms with Crippen molar-refractivity contribution in [3.05, 3.63) is 11.1 Å². The van der Waals surface area contributed by atoms with Gasteiger partial charge in [0.25, 0.3) is 0 Å². The van der Waals surface area contributed by atoms with Crippen LogP contribution >= 0.6 is 11.3 Å². The van der Waals surface area contributed by atoms with Gasteiger partial charge >= 0.3 is 0 Å². The normalized spacial score (nSPS) is 10.4. The SMILES string of the molecule is CCCc1c(OC)sc(OC)c1CCN. The maximum absolute atomic E-state index is 5.61. The molecule has 4 heteroatoms. The third kappa shape index (κ3) is 2.63. The molecule has 0 spiro atoms. The third-order valence-electron chi connectivity index (χ3n) is 2.31. The highest BCUT2D eigenvalue weighted by molar-refractivity contribution is 7.16. The highest BCUT2D eigenvalue weighted by atomic mass is 32.1. The summed E-state index contributed by atoms with van der Waals surface area (Å²) in [7, 11) is 3.40. The zero-order valence-corrected chi connectivity index (χ0v) is 10.4. The first-order chi connectivity index (χ1) is 7.28. The number of nitrogens with two attached hydrogens (primary N) is 1. The Kier molecular flexibility index (Phi) is 4.91. The Bertz CT molecular complexity index is 281. The maximum Gasteiger partial charge on any atom is 0.180 e. The summed E-state index contributed by atoms with van der Waals surface area (Å²) in [5.74, 6) is 0. The van der Waals surface area contributed by atoms with E-state index in [2.05, 4.69) is 6.92 Å². The summed E-state index contributed by atoms with van der Waals surface area (Å²) in [6, 6.07) is 0. The lowest BCUT2D eigenvalue weighted by Gasteiger charge is -2.05. The lowest BCUT2D eigenvalue weighted by atomic mass is 10.1. The van der Waals surface area contributed by atoms with E-state index in [9.17, 15) is 0 Å². The van der Waals surface area contributed by atoms with Crippen LogP contribution in [0.5, 0.6) is 10.1 Å². The smallest absolute Gasteiger partial charge is 0.180 e. The van der Waals surface area contributed by atoms with Crippen molar-refractivity contribution in [3.63, 3.8) is 0 Å². The fourth-order valence-electron chi connectivity index (χ4n) is 1.68. The summed E-state index contributed by atoms with van der Waals surface area (Å²) in [4.78, 5) is 0. The van der Waals surface area contributed by atoms with Crippen molar-refractivity contribution in [1.82, 2.24) is 0 Å². The molecule has 86 valence electrons. The molecule has 0 aliphatic heterocycles. The second-order valence-corrected chi connectivity index (χ2v) is 4.28. The van der Waals surface area contributed by atoms with E-state index in [1.807, 2.05) is 0 Å². The fraction of sp³-hybridized carbons (Fsp3) is 0.636. The summed E-state index contributed by atoms with van der Waals surface area (Å²) in [5, 5.41) is 1.91. The molecule has 0 aliphatic rings. The van der Waals surface area contributed by atoms with E-state index in [-0.39, 0.29) is 0 Å². The molecule has 1 heterocycles. The highest BCUT2D eigenvalue weighted by Gasteiger charge is 2.17. The molecule has 0 aliphatic carbocycles. The second-order valence-electron chi connectivity index (χ2n) is 3.33. The molecule has 1 rings (SSSR count). The highest BCUT2D eigenvalue weighted by Crippen LogP contribution is 2.41. The Morgan fingerprint density at radius 2 is 1.60 bits per heavy atom.